The molecule has 0 amide bonds. The number of alkyl halides is 3. The molecule has 2 aliphatic rings. The summed E-state index contributed by atoms with van der Waals surface area (Å²) >= 11 is 6.19. The van der Waals surface area contributed by atoms with Gasteiger partial charge in [0, 0.05) is 42.5 Å². The third-order valence-electron chi connectivity index (χ3n) is 7.90. The van der Waals surface area contributed by atoms with E-state index < -0.39 is 50.5 Å². The second-order valence-corrected chi connectivity index (χ2v) is 13.3. The number of piperidine rings is 1. The van der Waals surface area contributed by atoms with Gasteiger partial charge >= 0.3 is 12.1 Å². The molecule has 5 rings (SSSR count). The summed E-state index contributed by atoms with van der Waals surface area (Å²) in [4.78, 5) is 20.7. The SMILES string of the molecule is CS(=O)(=O)c1cc(Cl)cc(-c2ccccc2)c1C(Oc1cc(N2CCC3(CC2)CN[C@H](C(=O)O)C3)nc(N)n1)C(F)(F)F. The highest BCUT2D eigenvalue weighted by Gasteiger charge is 2.47. The highest BCUT2D eigenvalue weighted by Crippen LogP contribution is 2.46. The number of hydrogen-bond acceptors (Lipinski definition) is 9. The molecular formula is C28H29ClF3N5O5S. The fraction of sp³-hybridized carbons (Fsp3) is 0.393. The second kappa shape index (κ2) is 11.5. The van der Waals surface area contributed by atoms with Crippen molar-refractivity contribution in [3.63, 3.8) is 0 Å². The van der Waals surface area contributed by atoms with Crippen molar-refractivity contribution in [1.82, 2.24) is 15.3 Å². The van der Waals surface area contributed by atoms with E-state index in [9.17, 15) is 31.5 Å². The van der Waals surface area contributed by atoms with E-state index in [1.807, 2.05) is 4.90 Å². The number of carbonyl (C=O) groups is 1. The number of nitrogens with zero attached hydrogens (tertiary/aromatic N) is 3. The summed E-state index contributed by atoms with van der Waals surface area (Å²) in [6, 6.07) is 10.8. The van der Waals surface area contributed by atoms with Gasteiger partial charge in [-0.2, -0.15) is 23.1 Å². The summed E-state index contributed by atoms with van der Waals surface area (Å²) in [6.07, 6.45) is -5.28. The van der Waals surface area contributed by atoms with Crippen molar-refractivity contribution < 1.29 is 36.2 Å². The van der Waals surface area contributed by atoms with Crippen LogP contribution in [-0.4, -0.2) is 67.6 Å². The number of anilines is 2. The van der Waals surface area contributed by atoms with Crippen LogP contribution in [-0.2, 0) is 14.6 Å². The standard InChI is InChI=1S/C28H29ClF3N5O5S/c1-43(40,41)20-12-17(29)11-18(16-5-3-2-4-6-16)23(20)24(28(30,31)32)42-22-13-21(35-26(33)36-22)37-9-7-27(8-10-37)14-19(25(38)39)34-15-27/h2-6,11-13,19,24,34H,7-10,14-15H2,1H3,(H,38,39)(H2,33,35,36)/t19-,24?/m0/s1. The molecule has 3 aromatic rings. The summed E-state index contributed by atoms with van der Waals surface area (Å²) in [5.41, 5.74) is 5.30. The molecule has 0 saturated carbocycles. The van der Waals surface area contributed by atoms with Crippen molar-refractivity contribution in [3.05, 3.63) is 59.1 Å². The Kier molecular flexibility index (Phi) is 8.22. The summed E-state index contributed by atoms with van der Waals surface area (Å²) < 4.78 is 75.4. The summed E-state index contributed by atoms with van der Waals surface area (Å²) in [6.45, 7) is 1.47. The number of rotatable bonds is 7. The first-order valence-corrected chi connectivity index (χ1v) is 15.6. The number of aromatic nitrogens is 2. The van der Waals surface area contributed by atoms with Crippen LogP contribution in [0.3, 0.4) is 0 Å². The topological polar surface area (TPSA) is 148 Å². The first-order chi connectivity index (χ1) is 20.1. The number of halogens is 4. The molecule has 1 unspecified atom stereocenters. The molecule has 1 aromatic heterocycles. The first kappa shape index (κ1) is 30.8. The lowest BCUT2D eigenvalue weighted by Gasteiger charge is -2.39. The zero-order valence-electron chi connectivity index (χ0n) is 22.9. The Balaban J connectivity index is 1.51. The molecule has 2 atom stereocenters. The minimum Gasteiger partial charge on any atom is -0.480 e. The Bertz CT molecular complexity index is 1630. The highest BCUT2D eigenvalue weighted by atomic mass is 35.5. The van der Waals surface area contributed by atoms with E-state index in [4.69, 9.17) is 22.1 Å². The number of carboxylic acids is 1. The highest BCUT2D eigenvalue weighted by molar-refractivity contribution is 7.90. The average Bonchev–Trinajstić information content (AvgIpc) is 3.35. The molecule has 230 valence electrons. The van der Waals surface area contributed by atoms with Crippen molar-refractivity contribution in [2.75, 3.05) is 36.5 Å². The van der Waals surface area contributed by atoms with Crippen LogP contribution in [0, 0.1) is 5.41 Å². The molecule has 2 aromatic carbocycles. The first-order valence-electron chi connectivity index (χ1n) is 13.3. The maximum absolute atomic E-state index is 14.8. The van der Waals surface area contributed by atoms with Gasteiger partial charge in [0.1, 0.15) is 11.9 Å². The van der Waals surface area contributed by atoms with E-state index >= 15 is 0 Å². The van der Waals surface area contributed by atoms with Gasteiger partial charge in [0.25, 0.3) is 0 Å². The predicted octanol–water partition coefficient (Wildman–Crippen LogP) is 4.50. The lowest BCUT2D eigenvalue weighted by Crippen LogP contribution is -2.41. The monoisotopic (exact) mass is 639 g/mol. The smallest absolute Gasteiger partial charge is 0.429 e. The maximum atomic E-state index is 14.8. The van der Waals surface area contributed by atoms with Gasteiger partial charge in [-0.3, -0.25) is 4.79 Å². The molecule has 4 N–H and O–H groups in total. The van der Waals surface area contributed by atoms with Gasteiger partial charge in [0.05, 0.1) is 4.90 Å². The van der Waals surface area contributed by atoms with Gasteiger partial charge in [0.15, 0.2) is 9.84 Å². The number of nitrogens with one attached hydrogen (secondary N) is 1. The van der Waals surface area contributed by atoms with Crippen molar-refractivity contribution in [2.24, 2.45) is 5.41 Å². The zero-order valence-corrected chi connectivity index (χ0v) is 24.5. The Hall–Kier alpha value is -3.62. The van der Waals surface area contributed by atoms with E-state index in [2.05, 4.69) is 15.3 Å². The molecule has 2 saturated heterocycles. The molecule has 43 heavy (non-hydrogen) atoms. The Labute approximate surface area is 250 Å². The number of ether oxygens (including phenoxy) is 1. The largest absolute Gasteiger partial charge is 0.480 e. The number of nitrogen functional groups attached to an aromatic ring is 1. The van der Waals surface area contributed by atoms with E-state index in [1.165, 1.54) is 24.3 Å². The molecule has 2 aliphatic heterocycles. The Morgan fingerprint density at radius 3 is 2.44 bits per heavy atom. The molecule has 0 aliphatic carbocycles. The molecule has 1 spiro atoms. The second-order valence-electron chi connectivity index (χ2n) is 10.9. The van der Waals surface area contributed by atoms with Crippen molar-refractivity contribution in [1.29, 1.82) is 0 Å². The van der Waals surface area contributed by atoms with Gasteiger partial charge in [-0.1, -0.05) is 41.9 Å². The fourth-order valence-corrected chi connectivity index (χ4v) is 7.01. The van der Waals surface area contributed by atoms with Gasteiger partial charge in [-0.05, 0) is 47.9 Å². The molecule has 0 radical (unpaired) electrons. The minimum atomic E-state index is -5.08. The molecular weight excluding hydrogens is 611 g/mol. The molecule has 3 heterocycles. The number of benzene rings is 2. The Morgan fingerprint density at radius 2 is 1.86 bits per heavy atom. The van der Waals surface area contributed by atoms with Gasteiger partial charge in [-0.15, -0.1) is 0 Å². The van der Waals surface area contributed by atoms with E-state index in [1.54, 1.807) is 18.2 Å². The van der Waals surface area contributed by atoms with Crippen LogP contribution >= 0.6 is 11.6 Å². The number of aliphatic carboxylic acids is 1. The van der Waals surface area contributed by atoms with Gasteiger partial charge in [0.2, 0.25) is 17.9 Å². The van der Waals surface area contributed by atoms with Crippen LogP contribution in [0.2, 0.25) is 5.02 Å². The number of carboxylic acid groups (broad SMARTS) is 1. The van der Waals surface area contributed by atoms with E-state index in [0.29, 0.717) is 44.5 Å². The van der Waals surface area contributed by atoms with Gasteiger partial charge < -0.3 is 25.8 Å². The third kappa shape index (κ3) is 6.65. The summed E-state index contributed by atoms with van der Waals surface area (Å²) in [5.74, 6) is -1.49. The van der Waals surface area contributed by atoms with Crippen molar-refractivity contribution in [3.8, 4) is 17.0 Å². The Morgan fingerprint density at radius 1 is 1.19 bits per heavy atom. The lowest BCUT2D eigenvalue weighted by molar-refractivity contribution is -0.199. The summed E-state index contributed by atoms with van der Waals surface area (Å²) in [5, 5.41) is 12.3. The van der Waals surface area contributed by atoms with Crippen molar-refractivity contribution >= 4 is 39.2 Å². The van der Waals surface area contributed by atoms with Crippen LogP contribution in [0.25, 0.3) is 11.1 Å². The number of nitrogens with two attached hydrogens (primary N) is 1. The fourth-order valence-electron chi connectivity index (χ4n) is 5.77. The van der Waals surface area contributed by atoms with Crippen LogP contribution in [0.5, 0.6) is 5.88 Å². The zero-order chi connectivity index (χ0) is 31.2. The molecule has 15 heteroatoms. The van der Waals surface area contributed by atoms with Crippen molar-refractivity contribution in [2.45, 2.75) is 42.5 Å². The van der Waals surface area contributed by atoms with Crippen LogP contribution in [0.4, 0.5) is 24.9 Å². The number of sulfone groups is 1. The third-order valence-corrected chi connectivity index (χ3v) is 9.26. The average molecular weight is 640 g/mol. The van der Waals surface area contributed by atoms with E-state index in [-0.39, 0.29) is 27.8 Å². The number of hydrogen-bond donors (Lipinski definition) is 3. The van der Waals surface area contributed by atoms with Crippen LogP contribution in [0.1, 0.15) is 30.9 Å². The van der Waals surface area contributed by atoms with Gasteiger partial charge in [-0.25, -0.2) is 8.42 Å². The molecule has 2 fully saturated rings. The van der Waals surface area contributed by atoms with Crippen LogP contribution in [0.15, 0.2) is 53.4 Å². The minimum absolute atomic E-state index is 0.0625. The summed E-state index contributed by atoms with van der Waals surface area (Å²) in [7, 11) is -4.21. The molecule has 10 nitrogen and oxygen atoms in total. The maximum Gasteiger partial charge on any atom is 0.429 e. The predicted molar refractivity (Wildman–Crippen MR) is 154 cm³/mol. The molecule has 0 bridgehead atoms. The lowest BCUT2D eigenvalue weighted by atomic mass is 9.76. The normalized spacial score (nSPS) is 19.4. The van der Waals surface area contributed by atoms with E-state index in [0.717, 1.165) is 12.3 Å². The van der Waals surface area contributed by atoms with Crippen LogP contribution < -0.4 is 20.7 Å². The quantitative estimate of drug-likeness (QED) is 0.338.